The van der Waals surface area contributed by atoms with E-state index in [1.165, 1.54) is 0 Å². The molecule has 108 valence electrons. The Morgan fingerprint density at radius 2 is 1.83 bits per heavy atom. The summed E-state index contributed by atoms with van der Waals surface area (Å²) in [6.07, 6.45) is 2.02. The highest BCUT2D eigenvalue weighted by atomic mass is 79.9. The highest BCUT2D eigenvalue weighted by molar-refractivity contribution is 9.09. The maximum Gasteiger partial charge on any atom is 0.232 e. The molecule has 0 aromatic rings. The van der Waals surface area contributed by atoms with Crippen molar-refractivity contribution in [1.29, 1.82) is 0 Å². The van der Waals surface area contributed by atoms with Crippen LogP contribution in [0.1, 0.15) is 33.6 Å². The van der Waals surface area contributed by atoms with Crippen LogP contribution in [0, 0.1) is 0 Å². The van der Waals surface area contributed by atoms with E-state index in [1.54, 1.807) is 4.90 Å². The van der Waals surface area contributed by atoms with Gasteiger partial charge in [0, 0.05) is 20.2 Å². The fourth-order valence-corrected chi connectivity index (χ4v) is 2.74. The van der Waals surface area contributed by atoms with E-state index >= 15 is 0 Å². The van der Waals surface area contributed by atoms with Crippen LogP contribution in [0.3, 0.4) is 0 Å². The van der Waals surface area contributed by atoms with Crippen molar-refractivity contribution in [1.82, 2.24) is 4.90 Å². The molecule has 0 fully saturated rings. The molecule has 3 nitrogen and oxygen atoms in total. The number of halogens is 1. The van der Waals surface area contributed by atoms with Crippen molar-refractivity contribution in [3.05, 3.63) is 0 Å². The van der Waals surface area contributed by atoms with E-state index in [-0.39, 0.29) is 10.9 Å². The number of hydrogen-bond donors (Lipinski definition) is 0. The molecule has 0 heterocycles. The summed E-state index contributed by atoms with van der Waals surface area (Å²) in [5.74, 6) is 0.139. The zero-order chi connectivity index (χ0) is 14.4. The van der Waals surface area contributed by atoms with E-state index in [2.05, 4.69) is 49.8 Å². The van der Waals surface area contributed by atoms with E-state index in [0.717, 1.165) is 26.0 Å². The van der Waals surface area contributed by atoms with Crippen molar-refractivity contribution in [2.75, 3.05) is 25.5 Å². The van der Waals surface area contributed by atoms with Gasteiger partial charge < -0.3 is 9.33 Å². The van der Waals surface area contributed by atoms with Crippen molar-refractivity contribution >= 4 is 30.2 Å². The molecule has 0 spiro atoms. The van der Waals surface area contributed by atoms with Crippen molar-refractivity contribution < 1.29 is 9.22 Å². The van der Waals surface area contributed by atoms with Crippen LogP contribution in [0.2, 0.25) is 18.1 Å². The lowest BCUT2D eigenvalue weighted by Crippen LogP contribution is -2.41. The van der Waals surface area contributed by atoms with Crippen LogP contribution in [0.5, 0.6) is 0 Å². The Morgan fingerprint density at radius 3 is 2.28 bits per heavy atom. The first-order valence-corrected chi connectivity index (χ1v) is 10.6. The third-order valence-electron chi connectivity index (χ3n) is 3.70. The summed E-state index contributed by atoms with van der Waals surface area (Å²) < 4.78 is 6.09. The smallest absolute Gasteiger partial charge is 0.232 e. The van der Waals surface area contributed by atoms with Gasteiger partial charge in [0.05, 0.1) is 5.33 Å². The lowest BCUT2D eigenvalue weighted by Gasteiger charge is -2.36. The molecular formula is C13H28BrNO2Si. The Kier molecular flexibility index (Phi) is 7.71. The number of alkyl halides is 1. The van der Waals surface area contributed by atoms with Gasteiger partial charge >= 0.3 is 0 Å². The molecule has 0 aromatic heterocycles. The van der Waals surface area contributed by atoms with Gasteiger partial charge in [-0.3, -0.25) is 4.79 Å². The monoisotopic (exact) mass is 337 g/mol. The molecule has 0 rings (SSSR count). The Labute approximate surface area is 122 Å². The number of carbonyl (C=O) groups excluding carboxylic acids is 1. The molecule has 0 aliphatic rings. The third-order valence-corrected chi connectivity index (χ3v) is 8.71. The molecule has 0 atom stereocenters. The molecule has 1 amide bonds. The first-order valence-electron chi connectivity index (χ1n) is 6.55. The number of amides is 1. The van der Waals surface area contributed by atoms with E-state index < -0.39 is 8.32 Å². The molecule has 0 N–H and O–H groups in total. The zero-order valence-electron chi connectivity index (χ0n) is 12.7. The predicted molar refractivity (Wildman–Crippen MR) is 83.8 cm³/mol. The van der Waals surface area contributed by atoms with Gasteiger partial charge in [-0.25, -0.2) is 0 Å². The average molecular weight is 338 g/mol. The molecule has 0 aliphatic heterocycles. The fourth-order valence-electron chi connectivity index (χ4n) is 1.22. The molecular weight excluding hydrogens is 310 g/mol. The van der Waals surface area contributed by atoms with Gasteiger partial charge in [-0.15, -0.1) is 0 Å². The summed E-state index contributed by atoms with van der Waals surface area (Å²) in [5.41, 5.74) is 0. The van der Waals surface area contributed by atoms with E-state index in [4.69, 9.17) is 4.43 Å². The van der Waals surface area contributed by atoms with Crippen molar-refractivity contribution in [2.45, 2.75) is 51.7 Å². The SMILES string of the molecule is CN(CCCCO[Si](C)(C)C(C)(C)C)C(=O)CBr. The second-order valence-electron chi connectivity index (χ2n) is 6.26. The highest BCUT2D eigenvalue weighted by Crippen LogP contribution is 2.36. The lowest BCUT2D eigenvalue weighted by molar-refractivity contribution is -0.127. The Bertz CT molecular complexity index is 264. The zero-order valence-corrected chi connectivity index (χ0v) is 15.3. The summed E-state index contributed by atoms with van der Waals surface area (Å²) >= 11 is 3.18. The van der Waals surface area contributed by atoms with Gasteiger partial charge in [0.2, 0.25) is 5.91 Å². The van der Waals surface area contributed by atoms with Crippen LogP contribution in [0.25, 0.3) is 0 Å². The van der Waals surface area contributed by atoms with E-state index in [0.29, 0.717) is 5.33 Å². The van der Waals surface area contributed by atoms with Gasteiger partial charge in [-0.05, 0) is 31.0 Å². The van der Waals surface area contributed by atoms with Crippen molar-refractivity contribution in [3.8, 4) is 0 Å². The Morgan fingerprint density at radius 1 is 1.28 bits per heavy atom. The van der Waals surface area contributed by atoms with Crippen LogP contribution >= 0.6 is 15.9 Å². The molecule has 0 aromatic carbocycles. The molecule has 0 aliphatic carbocycles. The minimum atomic E-state index is -1.60. The minimum absolute atomic E-state index is 0.139. The summed E-state index contributed by atoms with van der Waals surface area (Å²) in [6.45, 7) is 12.9. The molecule has 0 saturated heterocycles. The quantitative estimate of drug-likeness (QED) is 0.403. The van der Waals surface area contributed by atoms with Crippen LogP contribution in [0.4, 0.5) is 0 Å². The standard InChI is InChI=1S/C13H28BrNO2Si/c1-13(2,3)18(5,6)17-10-8-7-9-15(4)12(16)11-14/h7-11H2,1-6H3. The van der Waals surface area contributed by atoms with Crippen molar-refractivity contribution in [2.24, 2.45) is 0 Å². The largest absolute Gasteiger partial charge is 0.417 e. The van der Waals surface area contributed by atoms with Crippen LogP contribution in [-0.4, -0.2) is 44.7 Å². The molecule has 0 saturated carbocycles. The molecule has 5 heteroatoms. The van der Waals surface area contributed by atoms with Gasteiger partial charge in [0.25, 0.3) is 0 Å². The summed E-state index contributed by atoms with van der Waals surface area (Å²) in [4.78, 5) is 13.1. The maximum absolute atomic E-state index is 11.3. The minimum Gasteiger partial charge on any atom is -0.417 e. The van der Waals surface area contributed by atoms with Crippen LogP contribution in [-0.2, 0) is 9.22 Å². The number of nitrogens with zero attached hydrogens (tertiary/aromatic N) is 1. The first kappa shape index (κ1) is 18.1. The van der Waals surface area contributed by atoms with E-state index in [1.807, 2.05) is 7.05 Å². The summed E-state index contributed by atoms with van der Waals surface area (Å²) in [5, 5.41) is 0.680. The summed E-state index contributed by atoms with van der Waals surface area (Å²) in [7, 11) is 0.247. The fraction of sp³-hybridized carbons (Fsp3) is 0.923. The number of rotatable bonds is 7. The Balaban J connectivity index is 3.79. The van der Waals surface area contributed by atoms with Gasteiger partial charge in [0.15, 0.2) is 8.32 Å². The predicted octanol–water partition coefficient (Wildman–Crippen LogP) is 3.64. The number of carbonyl (C=O) groups is 1. The second kappa shape index (κ2) is 7.65. The molecule has 18 heavy (non-hydrogen) atoms. The Hall–Kier alpha value is 0.127. The maximum atomic E-state index is 11.3. The van der Waals surface area contributed by atoms with E-state index in [9.17, 15) is 4.79 Å². The van der Waals surface area contributed by atoms with Crippen molar-refractivity contribution in [3.63, 3.8) is 0 Å². The number of hydrogen-bond acceptors (Lipinski definition) is 2. The summed E-state index contributed by atoms with van der Waals surface area (Å²) in [6, 6.07) is 0. The number of unbranched alkanes of at least 4 members (excludes halogenated alkanes) is 1. The topological polar surface area (TPSA) is 29.5 Å². The van der Waals surface area contributed by atoms with Crippen LogP contribution in [0.15, 0.2) is 0 Å². The first-order chi connectivity index (χ1) is 8.12. The average Bonchev–Trinajstić information content (AvgIpc) is 2.25. The van der Waals surface area contributed by atoms with Gasteiger partial charge in [-0.1, -0.05) is 36.7 Å². The van der Waals surface area contributed by atoms with Gasteiger partial charge in [-0.2, -0.15) is 0 Å². The normalized spacial score (nSPS) is 12.6. The lowest BCUT2D eigenvalue weighted by atomic mass is 10.2. The molecule has 0 bridgehead atoms. The molecule has 0 radical (unpaired) electrons. The van der Waals surface area contributed by atoms with Crippen LogP contribution < -0.4 is 0 Å². The highest BCUT2D eigenvalue weighted by Gasteiger charge is 2.36. The van der Waals surface area contributed by atoms with Gasteiger partial charge in [0.1, 0.15) is 0 Å². The second-order valence-corrected chi connectivity index (χ2v) is 11.6. The third kappa shape index (κ3) is 6.34. The molecule has 0 unspecified atom stereocenters.